The summed E-state index contributed by atoms with van der Waals surface area (Å²) < 4.78 is 11.1. The molecule has 0 spiro atoms. The van der Waals surface area contributed by atoms with Gasteiger partial charge in [-0.15, -0.1) is 0 Å². The molecule has 2 rings (SSSR count). The highest BCUT2D eigenvalue weighted by molar-refractivity contribution is 5.38. The highest BCUT2D eigenvalue weighted by atomic mass is 16.5. The van der Waals surface area contributed by atoms with E-state index in [1.807, 2.05) is 19.9 Å². The summed E-state index contributed by atoms with van der Waals surface area (Å²) in [5.74, 6) is 2.80. The van der Waals surface area contributed by atoms with Crippen molar-refractivity contribution in [3.05, 3.63) is 11.9 Å². The fourth-order valence-electron chi connectivity index (χ4n) is 1.89. The highest BCUT2D eigenvalue weighted by Crippen LogP contribution is 2.17. The van der Waals surface area contributed by atoms with Gasteiger partial charge in [-0.2, -0.15) is 4.98 Å². The second-order valence-corrected chi connectivity index (χ2v) is 4.43. The van der Waals surface area contributed by atoms with Crippen molar-refractivity contribution in [2.24, 2.45) is 5.92 Å². The largest absolute Gasteiger partial charge is 0.477 e. The first-order chi connectivity index (χ1) is 8.81. The van der Waals surface area contributed by atoms with Gasteiger partial charge < -0.3 is 14.8 Å². The summed E-state index contributed by atoms with van der Waals surface area (Å²) in [4.78, 5) is 8.78. The SMILES string of the molecule is CCNc1cc(OCC2CCOC2)nc(CC)n1. The molecule has 1 atom stereocenters. The summed E-state index contributed by atoms with van der Waals surface area (Å²) in [7, 11) is 0. The Labute approximate surface area is 108 Å². The molecule has 1 saturated heterocycles. The van der Waals surface area contributed by atoms with E-state index in [1.165, 1.54) is 0 Å². The molecule has 1 fully saturated rings. The van der Waals surface area contributed by atoms with Crippen LogP contribution in [0.4, 0.5) is 5.82 Å². The number of aromatic nitrogens is 2. The van der Waals surface area contributed by atoms with Crippen LogP contribution in [0.1, 0.15) is 26.1 Å². The van der Waals surface area contributed by atoms with E-state index in [1.54, 1.807) is 0 Å². The summed E-state index contributed by atoms with van der Waals surface area (Å²) in [6, 6.07) is 1.86. The fraction of sp³-hybridized carbons (Fsp3) is 0.692. The molecule has 0 aromatic carbocycles. The van der Waals surface area contributed by atoms with Gasteiger partial charge in [-0.25, -0.2) is 4.98 Å². The quantitative estimate of drug-likeness (QED) is 0.836. The van der Waals surface area contributed by atoms with Crippen LogP contribution >= 0.6 is 0 Å². The maximum Gasteiger partial charge on any atom is 0.218 e. The van der Waals surface area contributed by atoms with Crippen LogP contribution in [0.25, 0.3) is 0 Å². The zero-order valence-electron chi connectivity index (χ0n) is 11.1. The number of hydrogen-bond donors (Lipinski definition) is 1. The van der Waals surface area contributed by atoms with Crippen molar-refractivity contribution in [3.8, 4) is 5.88 Å². The van der Waals surface area contributed by atoms with E-state index < -0.39 is 0 Å². The maximum absolute atomic E-state index is 5.75. The minimum Gasteiger partial charge on any atom is -0.477 e. The predicted octanol–water partition coefficient (Wildman–Crippen LogP) is 1.89. The first-order valence-corrected chi connectivity index (χ1v) is 6.64. The lowest BCUT2D eigenvalue weighted by Crippen LogP contribution is -2.13. The molecule has 5 heteroatoms. The van der Waals surface area contributed by atoms with Gasteiger partial charge in [0.05, 0.1) is 13.2 Å². The summed E-state index contributed by atoms with van der Waals surface area (Å²) in [5.41, 5.74) is 0. The van der Waals surface area contributed by atoms with Crippen LogP contribution in [0.2, 0.25) is 0 Å². The van der Waals surface area contributed by atoms with Crippen molar-refractivity contribution in [1.29, 1.82) is 0 Å². The van der Waals surface area contributed by atoms with Crippen LogP contribution in [0.5, 0.6) is 5.88 Å². The van der Waals surface area contributed by atoms with Gasteiger partial charge in [0.1, 0.15) is 11.6 Å². The fourth-order valence-corrected chi connectivity index (χ4v) is 1.89. The van der Waals surface area contributed by atoms with Crippen LogP contribution in [-0.2, 0) is 11.2 Å². The van der Waals surface area contributed by atoms with Crippen molar-refractivity contribution in [3.63, 3.8) is 0 Å². The third-order valence-corrected chi connectivity index (χ3v) is 2.91. The van der Waals surface area contributed by atoms with Crippen molar-refractivity contribution in [2.75, 3.05) is 31.7 Å². The molecule has 1 aliphatic heterocycles. The standard InChI is InChI=1S/C13H21N3O2/c1-3-11-15-12(14-4-2)7-13(16-11)18-9-10-5-6-17-8-10/h7,10H,3-6,8-9H2,1-2H3,(H,14,15,16). The normalized spacial score (nSPS) is 18.9. The number of aryl methyl sites for hydroxylation is 1. The molecular formula is C13H21N3O2. The van der Waals surface area contributed by atoms with Gasteiger partial charge in [0.25, 0.3) is 0 Å². The number of nitrogens with one attached hydrogen (secondary N) is 1. The van der Waals surface area contributed by atoms with Crippen LogP contribution in [-0.4, -0.2) is 36.3 Å². The lowest BCUT2D eigenvalue weighted by Gasteiger charge is -2.11. The van der Waals surface area contributed by atoms with Gasteiger partial charge in [0.2, 0.25) is 5.88 Å². The topological polar surface area (TPSA) is 56.3 Å². The molecule has 0 amide bonds. The third-order valence-electron chi connectivity index (χ3n) is 2.91. The smallest absolute Gasteiger partial charge is 0.218 e. The summed E-state index contributed by atoms with van der Waals surface area (Å²) >= 11 is 0. The molecule has 1 N–H and O–H groups in total. The number of anilines is 1. The maximum atomic E-state index is 5.75. The Morgan fingerprint density at radius 1 is 1.44 bits per heavy atom. The molecule has 0 radical (unpaired) electrons. The Bertz CT molecular complexity index is 378. The van der Waals surface area contributed by atoms with Gasteiger partial charge >= 0.3 is 0 Å². The minimum absolute atomic E-state index is 0.493. The van der Waals surface area contributed by atoms with Gasteiger partial charge in [0.15, 0.2) is 0 Å². The molecule has 1 aliphatic rings. The zero-order chi connectivity index (χ0) is 12.8. The van der Waals surface area contributed by atoms with Crippen molar-refractivity contribution >= 4 is 5.82 Å². The number of ether oxygens (including phenoxy) is 2. The second kappa shape index (κ2) is 6.54. The van der Waals surface area contributed by atoms with E-state index in [4.69, 9.17) is 9.47 Å². The van der Waals surface area contributed by atoms with E-state index in [0.717, 1.165) is 44.2 Å². The monoisotopic (exact) mass is 251 g/mol. The lowest BCUT2D eigenvalue weighted by atomic mass is 10.1. The molecule has 0 saturated carbocycles. The molecular weight excluding hydrogens is 230 g/mol. The zero-order valence-corrected chi connectivity index (χ0v) is 11.1. The molecule has 100 valence electrons. The number of rotatable bonds is 6. The van der Waals surface area contributed by atoms with Crippen LogP contribution in [0, 0.1) is 5.92 Å². The third kappa shape index (κ3) is 3.57. The molecule has 0 aliphatic carbocycles. The number of nitrogens with zero attached hydrogens (tertiary/aromatic N) is 2. The summed E-state index contributed by atoms with van der Waals surface area (Å²) in [6.45, 7) is 7.25. The Morgan fingerprint density at radius 3 is 3.00 bits per heavy atom. The molecule has 1 unspecified atom stereocenters. The first-order valence-electron chi connectivity index (χ1n) is 6.64. The highest BCUT2D eigenvalue weighted by Gasteiger charge is 2.16. The van der Waals surface area contributed by atoms with Crippen molar-refractivity contribution in [2.45, 2.75) is 26.7 Å². The average molecular weight is 251 g/mol. The Hall–Kier alpha value is -1.36. The predicted molar refractivity (Wildman–Crippen MR) is 70.0 cm³/mol. The molecule has 5 nitrogen and oxygen atoms in total. The molecule has 18 heavy (non-hydrogen) atoms. The molecule has 1 aromatic rings. The van der Waals surface area contributed by atoms with E-state index >= 15 is 0 Å². The number of hydrogen-bond acceptors (Lipinski definition) is 5. The van der Waals surface area contributed by atoms with Crippen molar-refractivity contribution < 1.29 is 9.47 Å². The van der Waals surface area contributed by atoms with Gasteiger partial charge in [0, 0.05) is 31.6 Å². The van der Waals surface area contributed by atoms with E-state index in [0.29, 0.717) is 18.4 Å². The summed E-state index contributed by atoms with van der Waals surface area (Å²) in [5, 5.41) is 3.19. The van der Waals surface area contributed by atoms with Crippen molar-refractivity contribution in [1.82, 2.24) is 9.97 Å². The van der Waals surface area contributed by atoms with Gasteiger partial charge in [-0.3, -0.25) is 0 Å². The van der Waals surface area contributed by atoms with Crippen LogP contribution in [0.15, 0.2) is 6.07 Å². The van der Waals surface area contributed by atoms with E-state index in [9.17, 15) is 0 Å². The van der Waals surface area contributed by atoms with E-state index in [2.05, 4.69) is 15.3 Å². The molecule has 1 aromatic heterocycles. The Balaban J connectivity index is 1.98. The molecule has 0 bridgehead atoms. The second-order valence-electron chi connectivity index (χ2n) is 4.43. The van der Waals surface area contributed by atoms with Gasteiger partial charge in [-0.05, 0) is 13.3 Å². The van der Waals surface area contributed by atoms with E-state index in [-0.39, 0.29) is 0 Å². The van der Waals surface area contributed by atoms with Crippen LogP contribution < -0.4 is 10.1 Å². The Morgan fingerprint density at radius 2 is 2.33 bits per heavy atom. The Kier molecular flexibility index (Phi) is 4.75. The van der Waals surface area contributed by atoms with Crippen LogP contribution in [0.3, 0.4) is 0 Å². The first kappa shape index (κ1) is 13.1. The average Bonchev–Trinajstić information content (AvgIpc) is 2.89. The summed E-state index contributed by atoms with van der Waals surface area (Å²) in [6.07, 6.45) is 1.88. The van der Waals surface area contributed by atoms with Gasteiger partial charge in [-0.1, -0.05) is 6.92 Å². The molecule has 2 heterocycles. The lowest BCUT2D eigenvalue weighted by molar-refractivity contribution is 0.165. The minimum atomic E-state index is 0.493.